The molecule has 0 radical (unpaired) electrons. The number of anilines is 5. The average molecular weight is 500 g/mol. The Labute approximate surface area is 217 Å². The number of pyridine rings is 2. The largest absolute Gasteiger partial charge is 0.355 e. The van der Waals surface area contributed by atoms with E-state index in [0.717, 1.165) is 39.2 Å². The highest BCUT2D eigenvalue weighted by molar-refractivity contribution is 6.04. The number of fused-ring (bicyclic) bond motifs is 1. The predicted molar refractivity (Wildman–Crippen MR) is 147 cm³/mol. The fourth-order valence-corrected chi connectivity index (χ4v) is 3.99. The van der Waals surface area contributed by atoms with Crippen molar-refractivity contribution in [1.82, 2.24) is 30.6 Å². The van der Waals surface area contributed by atoms with Crippen molar-refractivity contribution in [3.05, 3.63) is 109 Å². The Kier molecular flexibility index (Phi) is 6.09. The van der Waals surface area contributed by atoms with Crippen molar-refractivity contribution in [1.29, 1.82) is 0 Å². The number of H-pyrrole nitrogens is 1. The summed E-state index contributed by atoms with van der Waals surface area (Å²) in [6.07, 6.45) is 5.20. The number of nitrogens with zero attached hydrogens (tertiary/aromatic N) is 5. The summed E-state index contributed by atoms with van der Waals surface area (Å²) in [4.78, 5) is 21.3. The van der Waals surface area contributed by atoms with Gasteiger partial charge in [0.2, 0.25) is 0 Å². The van der Waals surface area contributed by atoms with Crippen LogP contribution in [0, 0.1) is 0 Å². The Hall–Kier alpha value is -5.64. The molecule has 38 heavy (non-hydrogen) atoms. The minimum atomic E-state index is -0.189. The maximum Gasteiger partial charge on any atom is 0.255 e. The number of aromatic amines is 1. The van der Waals surface area contributed by atoms with Gasteiger partial charge in [0.05, 0.1) is 5.52 Å². The van der Waals surface area contributed by atoms with E-state index < -0.39 is 0 Å². The van der Waals surface area contributed by atoms with E-state index in [9.17, 15) is 4.79 Å². The first-order valence-electron chi connectivity index (χ1n) is 11.8. The summed E-state index contributed by atoms with van der Waals surface area (Å²) in [5, 5.41) is 24.6. The summed E-state index contributed by atoms with van der Waals surface area (Å²) in [5.41, 5.74) is 6.52. The average Bonchev–Trinajstić information content (AvgIpc) is 3.50. The summed E-state index contributed by atoms with van der Waals surface area (Å²) >= 11 is 0. The SMILES string of the molecule is O=C(Nc1ccc(Nc2ccncc2)cc1)c1ccc(Nc2ccnc3ccc(-c4nnn[nH]4)cc23)cc1. The molecule has 0 atom stereocenters. The van der Waals surface area contributed by atoms with Crippen molar-refractivity contribution in [3.8, 4) is 11.4 Å². The number of aromatic nitrogens is 6. The maximum atomic E-state index is 12.8. The number of carbonyl (C=O) groups excluding carboxylic acids is 1. The fraction of sp³-hybridized carbons (Fsp3) is 0. The lowest BCUT2D eigenvalue weighted by atomic mass is 10.1. The van der Waals surface area contributed by atoms with Crippen molar-refractivity contribution in [3.63, 3.8) is 0 Å². The van der Waals surface area contributed by atoms with Gasteiger partial charge in [0, 0.05) is 63.5 Å². The second kappa shape index (κ2) is 10.2. The van der Waals surface area contributed by atoms with E-state index in [0.29, 0.717) is 17.1 Å². The molecule has 6 rings (SSSR count). The zero-order valence-electron chi connectivity index (χ0n) is 20.0. The highest BCUT2D eigenvalue weighted by Crippen LogP contribution is 2.29. The van der Waals surface area contributed by atoms with Crippen molar-refractivity contribution in [2.24, 2.45) is 0 Å². The summed E-state index contributed by atoms with van der Waals surface area (Å²) in [7, 11) is 0. The van der Waals surface area contributed by atoms with Gasteiger partial charge >= 0.3 is 0 Å². The van der Waals surface area contributed by atoms with Gasteiger partial charge in [-0.25, -0.2) is 5.10 Å². The molecule has 3 aromatic carbocycles. The Morgan fingerprint density at radius 1 is 0.711 bits per heavy atom. The van der Waals surface area contributed by atoms with Crippen LogP contribution in [0.4, 0.5) is 28.4 Å². The molecule has 10 heteroatoms. The summed E-state index contributed by atoms with van der Waals surface area (Å²) < 4.78 is 0. The molecule has 0 spiro atoms. The monoisotopic (exact) mass is 499 g/mol. The first-order chi connectivity index (χ1) is 18.7. The van der Waals surface area contributed by atoms with Crippen LogP contribution in [0.25, 0.3) is 22.3 Å². The molecule has 1 amide bonds. The topological polar surface area (TPSA) is 133 Å². The van der Waals surface area contributed by atoms with Gasteiger partial charge in [-0.3, -0.25) is 14.8 Å². The van der Waals surface area contributed by atoms with Gasteiger partial charge in [-0.15, -0.1) is 5.10 Å². The zero-order valence-corrected chi connectivity index (χ0v) is 20.0. The van der Waals surface area contributed by atoms with Crippen molar-refractivity contribution < 1.29 is 4.79 Å². The minimum Gasteiger partial charge on any atom is -0.355 e. The van der Waals surface area contributed by atoms with E-state index in [2.05, 4.69) is 46.5 Å². The fourth-order valence-electron chi connectivity index (χ4n) is 3.99. The molecule has 3 heterocycles. The van der Waals surface area contributed by atoms with E-state index >= 15 is 0 Å². The Bertz CT molecular complexity index is 1690. The molecule has 0 bridgehead atoms. The second-order valence-electron chi connectivity index (χ2n) is 8.44. The second-order valence-corrected chi connectivity index (χ2v) is 8.44. The Morgan fingerprint density at radius 3 is 2.18 bits per heavy atom. The first kappa shape index (κ1) is 22.8. The molecule has 0 saturated carbocycles. The van der Waals surface area contributed by atoms with E-state index in [4.69, 9.17) is 0 Å². The molecule has 0 fully saturated rings. The highest BCUT2D eigenvalue weighted by Gasteiger charge is 2.09. The van der Waals surface area contributed by atoms with Crippen LogP contribution in [-0.4, -0.2) is 36.5 Å². The number of rotatable bonds is 7. The molecular formula is C28H21N9O. The van der Waals surface area contributed by atoms with E-state index in [-0.39, 0.29) is 5.91 Å². The summed E-state index contributed by atoms with van der Waals surface area (Å²) in [6, 6.07) is 26.3. The van der Waals surface area contributed by atoms with Gasteiger partial charge in [0.1, 0.15) is 0 Å². The van der Waals surface area contributed by atoms with Gasteiger partial charge < -0.3 is 16.0 Å². The number of tetrazole rings is 1. The highest BCUT2D eigenvalue weighted by atomic mass is 16.1. The third kappa shape index (κ3) is 5.00. The van der Waals surface area contributed by atoms with Gasteiger partial charge in [0.15, 0.2) is 5.82 Å². The molecule has 6 aromatic rings. The van der Waals surface area contributed by atoms with Crippen LogP contribution in [0.3, 0.4) is 0 Å². The normalized spacial score (nSPS) is 10.7. The number of amides is 1. The Balaban J connectivity index is 1.13. The molecular weight excluding hydrogens is 478 g/mol. The molecule has 0 unspecified atom stereocenters. The van der Waals surface area contributed by atoms with Gasteiger partial charge in [0.25, 0.3) is 5.91 Å². The van der Waals surface area contributed by atoms with Crippen LogP contribution in [0.15, 0.2) is 104 Å². The van der Waals surface area contributed by atoms with Crippen molar-refractivity contribution in [2.75, 3.05) is 16.0 Å². The van der Waals surface area contributed by atoms with Gasteiger partial charge in [-0.1, -0.05) is 0 Å². The first-order valence-corrected chi connectivity index (χ1v) is 11.8. The third-order valence-corrected chi connectivity index (χ3v) is 5.90. The number of carbonyl (C=O) groups is 1. The molecule has 0 aliphatic heterocycles. The van der Waals surface area contributed by atoms with Crippen LogP contribution in [0.5, 0.6) is 0 Å². The molecule has 10 nitrogen and oxygen atoms in total. The lowest BCUT2D eigenvalue weighted by Crippen LogP contribution is -2.11. The van der Waals surface area contributed by atoms with Crippen LogP contribution < -0.4 is 16.0 Å². The van der Waals surface area contributed by atoms with Crippen LogP contribution in [-0.2, 0) is 0 Å². The predicted octanol–water partition coefficient (Wildman–Crippen LogP) is 5.55. The maximum absolute atomic E-state index is 12.8. The molecule has 0 aliphatic rings. The molecule has 0 saturated heterocycles. The quantitative estimate of drug-likeness (QED) is 0.225. The van der Waals surface area contributed by atoms with Crippen LogP contribution >= 0.6 is 0 Å². The van der Waals surface area contributed by atoms with E-state index in [1.165, 1.54) is 0 Å². The lowest BCUT2D eigenvalue weighted by molar-refractivity contribution is 0.102. The standard InChI is InChI=1S/C28H21N9O/c38-28(33-22-8-6-20(7-9-22)31-23-11-14-29-15-12-23)18-1-4-21(5-2-18)32-26-13-16-30-25-10-3-19(17-24(25)26)27-34-36-37-35-27/h1-17H,(H,29,31)(H,30,32)(H,33,38)(H,34,35,36,37). The smallest absolute Gasteiger partial charge is 0.255 e. The molecule has 4 N–H and O–H groups in total. The number of hydrogen-bond donors (Lipinski definition) is 4. The van der Waals surface area contributed by atoms with E-state index in [1.807, 2.05) is 72.8 Å². The molecule has 184 valence electrons. The third-order valence-electron chi connectivity index (χ3n) is 5.90. The van der Waals surface area contributed by atoms with Crippen LogP contribution in [0.2, 0.25) is 0 Å². The van der Waals surface area contributed by atoms with Crippen LogP contribution in [0.1, 0.15) is 10.4 Å². The van der Waals surface area contributed by atoms with Crippen molar-refractivity contribution in [2.45, 2.75) is 0 Å². The molecule has 3 aromatic heterocycles. The van der Waals surface area contributed by atoms with E-state index in [1.54, 1.807) is 30.7 Å². The number of benzene rings is 3. The lowest BCUT2D eigenvalue weighted by Gasteiger charge is -2.11. The molecule has 0 aliphatic carbocycles. The number of hydrogen-bond acceptors (Lipinski definition) is 8. The number of nitrogens with one attached hydrogen (secondary N) is 4. The summed E-state index contributed by atoms with van der Waals surface area (Å²) in [5.74, 6) is 0.391. The van der Waals surface area contributed by atoms with Crippen molar-refractivity contribution >= 4 is 45.2 Å². The zero-order chi connectivity index (χ0) is 25.7. The minimum absolute atomic E-state index is 0.189. The van der Waals surface area contributed by atoms with Gasteiger partial charge in [-0.2, -0.15) is 0 Å². The summed E-state index contributed by atoms with van der Waals surface area (Å²) in [6.45, 7) is 0. The van der Waals surface area contributed by atoms with Gasteiger partial charge in [-0.05, 0) is 95.4 Å². The Morgan fingerprint density at radius 2 is 1.42 bits per heavy atom.